The van der Waals surface area contributed by atoms with Crippen LogP contribution in [0, 0.1) is 13.8 Å². The molecular formula is C15H14N4O4S. The van der Waals surface area contributed by atoms with E-state index in [9.17, 15) is 18.0 Å². The monoisotopic (exact) mass is 346 g/mol. The van der Waals surface area contributed by atoms with Crippen molar-refractivity contribution < 1.29 is 13.2 Å². The van der Waals surface area contributed by atoms with Crippen molar-refractivity contribution >= 4 is 26.4 Å². The maximum Gasteiger partial charge on any atom is 0.291 e. The molecule has 1 aromatic carbocycles. The van der Waals surface area contributed by atoms with Crippen LogP contribution in [0.2, 0.25) is 0 Å². The minimum absolute atomic E-state index is 0.0774. The molecule has 0 radical (unpaired) electrons. The summed E-state index contributed by atoms with van der Waals surface area (Å²) in [6.45, 7) is 3.37. The van der Waals surface area contributed by atoms with Crippen LogP contribution in [-0.4, -0.2) is 29.0 Å². The third-order valence-corrected chi connectivity index (χ3v) is 5.59. The zero-order valence-corrected chi connectivity index (χ0v) is 14.0. The van der Waals surface area contributed by atoms with Gasteiger partial charge < -0.3 is 0 Å². The fourth-order valence-electron chi connectivity index (χ4n) is 2.43. The lowest BCUT2D eigenvalue weighted by atomic mass is 10.1. The van der Waals surface area contributed by atoms with Crippen LogP contribution < -0.4 is 11.0 Å². The van der Waals surface area contributed by atoms with E-state index in [0.29, 0.717) is 11.3 Å². The van der Waals surface area contributed by atoms with Gasteiger partial charge in [-0.15, -0.1) is 0 Å². The van der Waals surface area contributed by atoms with Gasteiger partial charge in [-0.3, -0.25) is 15.0 Å². The van der Waals surface area contributed by atoms with Crippen molar-refractivity contribution in [3.63, 3.8) is 0 Å². The molecule has 2 aromatic rings. The van der Waals surface area contributed by atoms with Gasteiger partial charge >= 0.3 is 0 Å². The molecule has 0 unspecified atom stereocenters. The van der Waals surface area contributed by atoms with E-state index in [0.717, 1.165) is 4.68 Å². The van der Waals surface area contributed by atoms with Gasteiger partial charge in [0.15, 0.2) is 0 Å². The van der Waals surface area contributed by atoms with Crippen LogP contribution >= 0.6 is 0 Å². The number of aryl methyl sites for hydroxylation is 2. The SMILES string of the molecule is Cc1nn(C)c(=O)c(NN=C2C(=O)c3ccccc3S2(=O)=O)c1C. The van der Waals surface area contributed by atoms with Crippen molar-refractivity contribution in [2.75, 3.05) is 5.43 Å². The highest BCUT2D eigenvalue weighted by molar-refractivity contribution is 8.09. The molecule has 0 saturated carbocycles. The van der Waals surface area contributed by atoms with Gasteiger partial charge in [0.1, 0.15) is 5.69 Å². The van der Waals surface area contributed by atoms with E-state index in [1.807, 2.05) is 0 Å². The summed E-state index contributed by atoms with van der Waals surface area (Å²) >= 11 is 0. The molecule has 1 aromatic heterocycles. The van der Waals surface area contributed by atoms with Gasteiger partial charge in [0, 0.05) is 18.2 Å². The number of hydrogen-bond donors (Lipinski definition) is 1. The first-order valence-electron chi connectivity index (χ1n) is 7.02. The van der Waals surface area contributed by atoms with Crippen LogP contribution in [-0.2, 0) is 16.9 Å². The first-order valence-corrected chi connectivity index (χ1v) is 8.50. The molecule has 0 spiro atoms. The summed E-state index contributed by atoms with van der Waals surface area (Å²) in [6, 6.07) is 5.89. The lowest BCUT2D eigenvalue weighted by molar-refractivity contribution is 0.106. The summed E-state index contributed by atoms with van der Waals surface area (Å²) in [5.41, 5.74) is 3.25. The molecule has 24 heavy (non-hydrogen) atoms. The van der Waals surface area contributed by atoms with E-state index in [4.69, 9.17) is 0 Å². The molecule has 0 amide bonds. The van der Waals surface area contributed by atoms with Gasteiger partial charge in [-0.2, -0.15) is 10.2 Å². The van der Waals surface area contributed by atoms with Gasteiger partial charge in [0.2, 0.25) is 20.7 Å². The molecule has 9 heteroatoms. The largest absolute Gasteiger partial charge is 0.291 e. The second-order valence-corrected chi connectivity index (χ2v) is 7.21. The average molecular weight is 346 g/mol. The Hall–Kier alpha value is -2.81. The fourth-order valence-corrected chi connectivity index (χ4v) is 3.86. The third-order valence-electron chi connectivity index (χ3n) is 3.86. The normalized spacial score (nSPS) is 17.1. The van der Waals surface area contributed by atoms with Gasteiger partial charge in [-0.1, -0.05) is 12.1 Å². The first-order chi connectivity index (χ1) is 11.2. The number of carbonyl (C=O) groups is 1. The minimum atomic E-state index is -4.00. The standard InChI is InChI=1S/C15H14N4O4S/c1-8-9(2)18-19(3)15(21)12(8)16-17-14-13(20)10-6-4-5-7-11(10)24(14,22)23/h4-7,16H,1-3H3. The maximum atomic E-state index is 12.4. The van der Waals surface area contributed by atoms with Crippen LogP contribution in [0.25, 0.3) is 0 Å². The fraction of sp³-hybridized carbons (Fsp3) is 0.200. The Morgan fingerprint density at radius 3 is 2.50 bits per heavy atom. The third kappa shape index (κ3) is 2.24. The number of carbonyl (C=O) groups excluding carboxylic acids is 1. The number of benzene rings is 1. The summed E-state index contributed by atoms with van der Waals surface area (Å²) in [5.74, 6) is -0.696. The number of anilines is 1. The maximum absolute atomic E-state index is 12.4. The van der Waals surface area contributed by atoms with Crippen LogP contribution in [0.15, 0.2) is 39.1 Å². The number of sulfone groups is 1. The van der Waals surface area contributed by atoms with Gasteiger partial charge in [-0.05, 0) is 26.0 Å². The summed E-state index contributed by atoms with van der Waals surface area (Å²) < 4.78 is 26.0. The molecule has 2 heterocycles. The molecule has 0 atom stereocenters. The second-order valence-electron chi connectivity index (χ2n) is 5.37. The predicted octanol–water partition coefficient (Wildman–Crippen LogP) is 0.793. The van der Waals surface area contributed by atoms with E-state index >= 15 is 0 Å². The van der Waals surface area contributed by atoms with Crippen LogP contribution in [0.4, 0.5) is 5.69 Å². The Balaban J connectivity index is 2.10. The lowest BCUT2D eigenvalue weighted by Gasteiger charge is -2.09. The van der Waals surface area contributed by atoms with E-state index < -0.39 is 26.2 Å². The Labute approximate surface area is 137 Å². The van der Waals surface area contributed by atoms with Crippen molar-refractivity contribution in [2.45, 2.75) is 18.7 Å². The molecule has 1 N–H and O–H groups in total. The number of hydrogen-bond acceptors (Lipinski definition) is 7. The number of nitrogens with one attached hydrogen (secondary N) is 1. The Kier molecular flexibility index (Phi) is 3.60. The highest BCUT2D eigenvalue weighted by Gasteiger charge is 2.41. The second kappa shape index (κ2) is 5.38. The summed E-state index contributed by atoms with van der Waals surface area (Å²) in [6.07, 6.45) is 0. The molecule has 8 nitrogen and oxygen atoms in total. The molecule has 0 fully saturated rings. The van der Waals surface area contributed by atoms with Gasteiger partial charge in [0.25, 0.3) is 5.56 Å². The van der Waals surface area contributed by atoms with Gasteiger partial charge in [0.05, 0.1) is 10.6 Å². The molecule has 1 aliphatic rings. The van der Waals surface area contributed by atoms with E-state index in [2.05, 4.69) is 15.6 Å². The Morgan fingerprint density at radius 2 is 1.83 bits per heavy atom. The van der Waals surface area contributed by atoms with Crippen molar-refractivity contribution in [2.24, 2.45) is 12.1 Å². The highest BCUT2D eigenvalue weighted by atomic mass is 32.2. The number of nitrogens with zero attached hydrogens (tertiary/aromatic N) is 3. The van der Waals surface area contributed by atoms with Crippen molar-refractivity contribution in [3.05, 3.63) is 51.4 Å². The number of Topliss-reactive ketones (excluding diaryl/α,β-unsaturated/α-hetero) is 1. The number of ketones is 1. The van der Waals surface area contributed by atoms with Crippen molar-refractivity contribution in [3.8, 4) is 0 Å². The van der Waals surface area contributed by atoms with Crippen LogP contribution in [0.3, 0.4) is 0 Å². The van der Waals surface area contributed by atoms with E-state index in [-0.39, 0.29) is 16.1 Å². The summed E-state index contributed by atoms with van der Waals surface area (Å²) in [7, 11) is -2.53. The first kappa shape index (κ1) is 16.1. The molecule has 0 saturated heterocycles. The van der Waals surface area contributed by atoms with Gasteiger partial charge in [-0.25, -0.2) is 13.1 Å². The van der Waals surface area contributed by atoms with Crippen molar-refractivity contribution in [1.29, 1.82) is 0 Å². The van der Waals surface area contributed by atoms with E-state index in [1.165, 1.54) is 25.2 Å². The predicted molar refractivity (Wildman–Crippen MR) is 88.0 cm³/mol. The molecular weight excluding hydrogens is 332 g/mol. The number of rotatable bonds is 2. The zero-order valence-electron chi connectivity index (χ0n) is 13.2. The topological polar surface area (TPSA) is 110 Å². The molecule has 0 bridgehead atoms. The zero-order chi connectivity index (χ0) is 17.6. The summed E-state index contributed by atoms with van der Waals surface area (Å²) in [5, 5.41) is 7.13. The molecule has 3 rings (SSSR count). The summed E-state index contributed by atoms with van der Waals surface area (Å²) in [4.78, 5) is 24.4. The van der Waals surface area contributed by atoms with Crippen LogP contribution in [0.1, 0.15) is 21.6 Å². The van der Waals surface area contributed by atoms with E-state index in [1.54, 1.807) is 19.9 Å². The number of hydrazone groups is 1. The lowest BCUT2D eigenvalue weighted by Crippen LogP contribution is -2.26. The molecule has 124 valence electrons. The molecule has 1 aliphatic heterocycles. The van der Waals surface area contributed by atoms with Crippen LogP contribution in [0.5, 0.6) is 0 Å². The minimum Gasteiger partial charge on any atom is -0.286 e. The number of aromatic nitrogens is 2. The number of fused-ring (bicyclic) bond motifs is 1. The highest BCUT2D eigenvalue weighted by Crippen LogP contribution is 2.27. The quantitative estimate of drug-likeness (QED) is 0.805. The molecule has 0 aliphatic carbocycles. The van der Waals surface area contributed by atoms with Crippen molar-refractivity contribution in [1.82, 2.24) is 9.78 Å². The Morgan fingerprint density at radius 1 is 1.17 bits per heavy atom. The average Bonchev–Trinajstić information content (AvgIpc) is 2.74. The Bertz CT molecular complexity index is 1070. The smallest absolute Gasteiger partial charge is 0.286 e.